The number of esters is 3. The van der Waals surface area contributed by atoms with Crippen molar-refractivity contribution in [3.8, 4) is 0 Å². The molecule has 0 heterocycles. The van der Waals surface area contributed by atoms with Gasteiger partial charge < -0.3 is 14.2 Å². The molecule has 0 fully saturated rings. The van der Waals surface area contributed by atoms with Gasteiger partial charge in [-0.05, 0) is 38.5 Å². The Balaban J connectivity index is 5.04. The van der Waals surface area contributed by atoms with Crippen LogP contribution in [-0.4, -0.2) is 37.1 Å². The van der Waals surface area contributed by atoms with Gasteiger partial charge in [0.25, 0.3) is 0 Å². The molecule has 6 heteroatoms. The maximum absolute atomic E-state index is 13.1. The Morgan fingerprint density at radius 1 is 0.393 bits per heavy atom. The van der Waals surface area contributed by atoms with Gasteiger partial charge in [-0.2, -0.15) is 0 Å². The van der Waals surface area contributed by atoms with E-state index in [-0.39, 0.29) is 19.3 Å². The van der Waals surface area contributed by atoms with Crippen molar-refractivity contribution >= 4 is 17.9 Å². The fraction of sp³-hybridized carbons (Fsp3) is 0.900. The first-order valence-electron chi connectivity index (χ1n) is 26.7. The van der Waals surface area contributed by atoms with Gasteiger partial charge in [-0.1, -0.05) is 226 Å². The van der Waals surface area contributed by atoms with Gasteiger partial charge in [-0.25, -0.2) is 0 Å². The smallest absolute Gasteiger partial charge is 0.306 e. The average Bonchev–Trinajstić information content (AvgIpc) is 3.21. The Morgan fingerprint density at radius 3 is 1.00 bits per heavy atom. The molecule has 0 aromatic heterocycles. The van der Waals surface area contributed by atoms with Crippen LogP contribution in [0, 0.1) is 0 Å². The van der Waals surface area contributed by atoms with Crippen molar-refractivity contribution in [2.45, 2.75) is 277 Å². The lowest BCUT2D eigenvalue weighted by Crippen LogP contribution is -2.30. The minimum Gasteiger partial charge on any atom is -0.462 e. The van der Waals surface area contributed by atoms with Crippen LogP contribution in [0.3, 0.4) is 0 Å². The van der Waals surface area contributed by atoms with E-state index in [9.17, 15) is 14.4 Å². The summed E-state index contributed by atoms with van der Waals surface area (Å²) in [6, 6.07) is 0. The Bertz CT molecular complexity index is 1030. The van der Waals surface area contributed by atoms with Crippen molar-refractivity contribution in [1.82, 2.24) is 0 Å². The number of allylic oxidation sites excluding steroid dienone is 2. The molecule has 0 amide bonds. The third kappa shape index (κ3) is 43.3. The van der Waals surface area contributed by atoms with E-state index in [0.717, 1.165) is 89.9 Å². The van der Waals surface area contributed by atoms with Gasteiger partial charge in [0.2, 0.25) is 0 Å². The fourth-order valence-corrected chi connectivity index (χ4v) is 6.91. The molecule has 0 unspecified atom stereocenters. The van der Waals surface area contributed by atoms with Gasteiger partial charge in [0.05, 0.1) is 6.85 Å². The molecule has 0 aliphatic carbocycles. The molecule has 0 N–H and O–H groups in total. The molecule has 0 aromatic rings. The highest BCUT2D eigenvalue weighted by molar-refractivity contribution is 5.71. The molecule has 0 aliphatic rings. The molecule has 0 saturated heterocycles. The third-order valence-corrected chi connectivity index (χ3v) is 10.6. The van der Waals surface area contributed by atoms with Gasteiger partial charge in [-0.15, -0.1) is 0 Å². The van der Waals surface area contributed by atoms with Crippen molar-refractivity contribution in [3.63, 3.8) is 0 Å². The van der Waals surface area contributed by atoms with E-state index in [1.165, 1.54) is 116 Å². The van der Waals surface area contributed by atoms with Crippen LogP contribution >= 0.6 is 0 Å². The van der Waals surface area contributed by atoms with E-state index in [1.807, 2.05) is 0 Å². The summed E-state index contributed by atoms with van der Waals surface area (Å²) in [7, 11) is 0. The summed E-state index contributed by atoms with van der Waals surface area (Å²) in [6.07, 6.45) is 39.5. The maximum atomic E-state index is 13.1. The van der Waals surface area contributed by atoms with Gasteiger partial charge in [0, 0.05) is 19.3 Å². The normalized spacial score (nSPS) is 13.5. The van der Waals surface area contributed by atoms with Crippen LogP contribution in [0.5, 0.6) is 0 Å². The Kier molecular flexibility index (Phi) is 37.0. The van der Waals surface area contributed by atoms with Crippen molar-refractivity contribution in [3.05, 3.63) is 12.2 Å². The van der Waals surface area contributed by atoms with Crippen LogP contribution in [-0.2, 0) is 28.6 Å². The Hall–Kier alpha value is -1.85. The zero-order chi connectivity index (χ0) is 45.3. The first kappa shape index (κ1) is 45.2. The molecule has 0 aliphatic heterocycles. The molecule has 0 atom stereocenters. The monoisotopic (exact) mass is 796 g/mol. The second-order valence-electron chi connectivity index (χ2n) is 16.2. The summed E-state index contributed by atoms with van der Waals surface area (Å²) in [4.78, 5) is 38.8. The highest BCUT2D eigenvalue weighted by Gasteiger charge is 2.19. The van der Waals surface area contributed by atoms with Crippen LogP contribution in [0.15, 0.2) is 12.2 Å². The van der Waals surface area contributed by atoms with Gasteiger partial charge >= 0.3 is 17.9 Å². The maximum Gasteiger partial charge on any atom is 0.306 e. The number of hydrogen-bond acceptors (Lipinski definition) is 6. The summed E-state index contributed by atoms with van der Waals surface area (Å²) in [6.45, 7) is -0.246. The molecular weight excluding hydrogens is 697 g/mol. The third-order valence-electron chi connectivity index (χ3n) is 10.6. The summed E-state index contributed by atoms with van der Waals surface area (Å²) in [5, 5.41) is 0. The quantitative estimate of drug-likeness (QED) is 0.0264. The van der Waals surface area contributed by atoms with E-state index >= 15 is 0 Å². The minimum atomic E-state index is -3.49. The first-order valence-corrected chi connectivity index (χ1v) is 24.2. The van der Waals surface area contributed by atoms with E-state index in [4.69, 9.17) is 21.1 Å². The van der Waals surface area contributed by atoms with Gasteiger partial charge in [0.15, 0.2) is 6.08 Å². The predicted molar refractivity (Wildman–Crippen MR) is 238 cm³/mol. The van der Waals surface area contributed by atoms with Crippen LogP contribution in [0.25, 0.3) is 0 Å². The molecule has 6 nitrogen and oxygen atoms in total. The van der Waals surface area contributed by atoms with Crippen molar-refractivity contribution in [2.24, 2.45) is 0 Å². The lowest BCUT2D eigenvalue weighted by Gasteiger charge is -2.18. The van der Waals surface area contributed by atoms with Crippen LogP contribution < -0.4 is 0 Å². The summed E-state index contributed by atoms with van der Waals surface area (Å²) >= 11 is 0. The zero-order valence-corrected chi connectivity index (χ0v) is 37.2. The number of rotatable bonds is 45. The highest BCUT2D eigenvalue weighted by atomic mass is 16.6. The standard InChI is InChI=1S/C50H94O6/c1-4-7-10-13-16-19-22-25-28-30-33-36-39-42-48(51)54-45-47(56-50(53)44-41-38-35-32-27-24-21-18-15-12-9-6-3)46-55-49(52)43-40-37-34-31-29-26-23-20-17-14-11-8-5-2/h15,18,47H,4-14,16-17,19-46H2,1-3H3/b18-15-/i45D2,46D2,47D. The molecule has 0 saturated carbocycles. The number of carbonyl (C=O) groups excluding carboxylic acids is 3. The van der Waals surface area contributed by atoms with E-state index < -0.39 is 37.1 Å². The zero-order valence-electron chi connectivity index (χ0n) is 42.2. The predicted octanol–water partition coefficient (Wildman–Crippen LogP) is 15.8. The number of unbranched alkanes of at least 4 members (excludes halogenated alkanes) is 32. The number of carbonyl (C=O) groups is 3. The molecule has 0 bridgehead atoms. The molecule has 0 aromatic carbocycles. The minimum absolute atomic E-state index is 0.127. The number of hydrogen-bond donors (Lipinski definition) is 0. The second kappa shape index (κ2) is 45.8. The van der Waals surface area contributed by atoms with Crippen LogP contribution in [0.4, 0.5) is 0 Å². The average molecular weight is 796 g/mol. The Morgan fingerprint density at radius 2 is 0.661 bits per heavy atom. The molecule has 0 rings (SSSR count). The summed E-state index contributed by atoms with van der Waals surface area (Å²) in [5.74, 6) is -2.95. The lowest BCUT2D eigenvalue weighted by molar-refractivity contribution is -0.167. The first-order chi connectivity index (χ1) is 29.4. The van der Waals surface area contributed by atoms with Crippen LogP contribution in [0.1, 0.15) is 278 Å². The van der Waals surface area contributed by atoms with E-state index in [1.54, 1.807) is 0 Å². The van der Waals surface area contributed by atoms with E-state index in [2.05, 4.69) is 32.9 Å². The lowest BCUT2D eigenvalue weighted by atomic mass is 10.0. The summed E-state index contributed by atoms with van der Waals surface area (Å²) < 4.78 is 58.6. The highest BCUT2D eigenvalue weighted by Crippen LogP contribution is 2.16. The number of ether oxygens (including phenoxy) is 3. The fourth-order valence-electron chi connectivity index (χ4n) is 6.91. The molecule has 0 spiro atoms. The molecule has 330 valence electrons. The Labute approximate surface area is 355 Å². The van der Waals surface area contributed by atoms with Gasteiger partial charge in [0.1, 0.15) is 13.1 Å². The van der Waals surface area contributed by atoms with Gasteiger partial charge in [-0.3, -0.25) is 14.4 Å². The van der Waals surface area contributed by atoms with Crippen molar-refractivity contribution in [1.29, 1.82) is 0 Å². The molecule has 0 radical (unpaired) electrons. The molecular formula is C50H94O6. The van der Waals surface area contributed by atoms with Crippen LogP contribution in [0.2, 0.25) is 0 Å². The summed E-state index contributed by atoms with van der Waals surface area (Å²) in [5.41, 5.74) is 0. The molecule has 56 heavy (non-hydrogen) atoms. The topological polar surface area (TPSA) is 78.9 Å². The van der Waals surface area contributed by atoms with E-state index in [0.29, 0.717) is 25.7 Å². The SMILES string of the molecule is [2H]C([2H])(OC(=O)CCCCCCCCCCCCCCC)C([2H])(OC(=O)CCCCCCCC/C=C\CCCC)C([2H])([2H])OC(=O)CCCCCCCCCCCCCCC. The van der Waals surface area contributed by atoms with Crippen molar-refractivity contribution in [2.75, 3.05) is 13.1 Å². The second-order valence-corrected chi connectivity index (χ2v) is 16.2. The largest absolute Gasteiger partial charge is 0.462 e. The van der Waals surface area contributed by atoms with Crippen molar-refractivity contribution < 1.29 is 35.4 Å².